The van der Waals surface area contributed by atoms with E-state index in [9.17, 15) is 8.42 Å². The third-order valence-corrected chi connectivity index (χ3v) is 9.98. The fourth-order valence-corrected chi connectivity index (χ4v) is 7.89. The molecule has 1 heterocycles. The Hall–Kier alpha value is -1.47. The lowest BCUT2D eigenvalue weighted by molar-refractivity contribution is -0.0111. The molecule has 3 fully saturated rings. The monoisotopic (exact) mass is 455 g/mol. The highest BCUT2D eigenvalue weighted by molar-refractivity contribution is 7.89. The number of likely N-dealkylation sites (N-methyl/N-ethyl adjacent to an activating group) is 1. The molecular formula is C26H37N3O2S. The highest BCUT2D eigenvalue weighted by Gasteiger charge is 2.44. The molecule has 0 amide bonds. The van der Waals surface area contributed by atoms with Crippen molar-refractivity contribution in [3.8, 4) is 0 Å². The summed E-state index contributed by atoms with van der Waals surface area (Å²) in [5.74, 6) is 2.08. The summed E-state index contributed by atoms with van der Waals surface area (Å²) >= 11 is 0. The Morgan fingerprint density at radius 3 is 2.41 bits per heavy atom. The van der Waals surface area contributed by atoms with Crippen LogP contribution in [-0.2, 0) is 10.0 Å². The maximum absolute atomic E-state index is 13.3. The van der Waals surface area contributed by atoms with Gasteiger partial charge in [-0.05, 0) is 79.8 Å². The maximum atomic E-state index is 13.3. The zero-order valence-electron chi connectivity index (χ0n) is 19.4. The topological polar surface area (TPSA) is 52.6 Å². The normalized spacial score (nSPS) is 32.6. The van der Waals surface area contributed by atoms with Crippen LogP contribution in [0.3, 0.4) is 0 Å². The van der Waals surface area contributed by atoms with Crippen molar-refractivity contribution in [1.29, 1.82) is 0 Å². The molecule has 4 unspecified atom stereocenters. The molecule has 174 valence electrons. The summed E-state index contributed by atoms with van der Waals surface area (Å²) < 4.78 is 29.6. The molecule has 32 heavy (non-hydrogen) atoms. The molecule has 1 aliphatic heterocycles. The lowest BCUT2D eigenvalue weighted by atomic mass is 9.62. The van der Waals surface area contributed by atoms with Gasteiger partial charge in [0.25, 0.3) is 0 Å². The molecule has 2 aromatic carbocycles. The summed E-state index contributed by atoms with van der Waals surface area (Å²) in [7, 11) is -1.31. The Labute approximate surface area is 193 Å². The van der Waals surface area contributed by atoms with E-state index in [1.165, 1.54) is 12.8 Å². The number of rotatable bonds is 4. The van der Waals surface area contributed by atoms with Crippen LogP contribution in [0, 0.1) is 17.8 Å². The van der Waals surface area contributed by atoms with Gasteiger partial charge in [-0.25, -0.2) is 13.1 Å². The Morgan fingerprint density at radius 2 is 1.62 bits per heavy atom. The fraction of sp³-hybridized carbons (Fsp3) is 0.615. The van der Waals surface area contributed by atoms with Gasteiger partial charge in [0.1, 0.15) is 0 Å². The van der Waals surface area contributed by atoms with E-state index in [-0.39, 0.29) is 6.04 Å². The Bertz CT molecular complexity index is 1050. The van der Waals surface area contributed by atoms with Crippen molar-refractivity contribution in [1.82, 2.24) is 14.5 Å². The van der Waals surface area contributed by atoms with Crippen molar-refractivity contribution >= 4 is 20.8 Å². The van der Waals surface area contributed by atoms with Gasteiger partial charge in [0.05, 0.1) is 4.90 Å². The molecule has 5 atom stereocenters. The first-order valence-electron chi connectivity index (χ1n) is 12.3. The van der Waals surface area contributed by atoms with Gasteiger partial charge < -0.3 is 4.90 Å². The third kappa shape index (κ3) is 4.47. The van der Waals surface area contributed by atoms with Gasteiger partial charge in [-0.1, -0.05) is 37.3 Å². The van der Waals surface area contributed by atoms with E-state index in [2.05, 4.69) is 28.5 Å². The zero-order chi connectivity index (χ0) is 22.3. The van der Waals surface area contributed by atoms with Crippen molar-refractivity contribution < 1.29 is 8.42 Å². The maximum Gasteiger partial charge on any atom is 0.240 e. The number of piperazine rings is 1. The molecule has 1 N–H and O–H groups in total. The predicted octanol–water partition coefficient (Wildman–Crippen LogP) is 3.95. The second-order valence-corrected chi connectivity index (χ2v) is 12.1. The van der Waals surface area contributed by atoms with Crippen molar-refractivity contribution in [2.75, 3.05) is 33.2 Å². The molecule has 0 spiro atoms. The molecule has 3 aliphatic rings. The minimum absolute atomic E-state index is 0.0352. The Kier molecular flexibility index (Phi) is 6.32. The van der Waals surface area contributed by atoms with Crippen LogP contribution in [0.4, 0.5) is 0 Å². The van der Waals surface area contributed by atoms with Crippen molar-refractivity contribution in [3.63, 3.8) is 0 Å². The SMILES string of the molecule is CC1CCC(N2CCN(C)CC2)C2C[C@H](NS(=O)(=O)c3ccc4ccccc4c3)CCC12. The number of fused-ring (bicyclic) bond motifs is 2. The summed E-state index contributed by atoms with van der Waals surface area (Å²) in [5.41, 5.74) is 0. The van der Waals surface area contributed by atoms with E-state index in [4.69, 9.17) is 0 Å². The summed E-state index contributed by atoms with van der Waals surface area (Å²) in [6.45, 7) is 6.98. The molecule has 5 nitrogen and oxygen atoms in total. The van der Waals surface area contributed by atoms with Crippen molar-refractivity contribution in [2.24, 2.45) is 17.8 Å². The number of nitrogens with one attached hydrogen (secondary N) is 1. The van der Waals surface area contributed by atoms with Gasteiger partial charge in [0, 0.05) is 38.3 Å². The second kappa shape index (κ2) is 9.05. The third-order valence-electron chi connectivity index (χ3n) is 8.46. The molecular weight excluding hydrogens is 418 g/mol. The average Bonchev–Trinajstić information content (AvgIpc) is 2.79. The van der Waals surface area contributed by atoms with Crippen molar-refractivity contribution in [2.45, 2.75) is 56.0 Å². The number of hydrogen-bond acceptors (Lipinski definition) is 4. The summed E-state index contributed by atoms with van der Waals surface area (Å²) in [5, 5.41) is 2.04. The van der Waals surface area contributed by atoms with Gasteiger partial charge >= 0.3 is 0 Å². The van der Waals surface area contributed by atoms with E-state index in [0.29, 0.717) is 16.9 Å². The van der Waals surface area contributed by atoms with Crippen LogP contribution in [0.5, 0.6) is 0 Å². The van der Waals surface area contributed by atoms with Crippen LogP contribution < -0.4 is 4.72 Å². The largest absolute Gasteiger partial charge is 0.304 e. The van der Waals surface area contributed by atoms with Crippen LogP contribution in [0.1, 0.15) is 39.0 Å². The molecule has 0 bridgehead atoms. The van der Waals surface area contributed by atoms with E-state index in [1.807, 2.05) is 30.3 Å². The van der Waals surface area contributed by atoms with E-state index in [1.54, 1.807) is 12.1 Å². The summed E-state index contributed by atoms with van der Waals surface area (Å²) in [6, 6.07) is 14.0. The number of hydrogen-bond donors (Lipinski definition) is 1. The van der Waals surface area contributed by atoms with Crippen LogP contribution >= 0.6 is 0 Å². The average molecular weight is 456 g/mol. The van der Waals surface area contributed by atoms with E-state index >= 15 is 0 Å². The lowest BCUT2D eigenvalue weighted by Crippen LogP contribution is -2.56. The molecule has 2 saturated carbocycles. The van der Waals surface area contributed by atoms with Crippen LogP contribution in [0.2, 0.25) is 0 Å². The smallest absolute Gasteiger partial charge is 0.240 e. The highest BCUT2D eigenvalue weighted by Crippen LogP contribution is 2.46. The van der Waals surface area contributed by atoms with Crippen LogP contribution in [0.25, 0.3) is 10.8 Å². The lowest BCUT2D eigenvalue weighted by Gasteiger charge is -2.51. The predicted molar refractivity (Wildman–Crippen MR) is 130 cm³/mol. The molecule has 5 rings (SSSR count). The number of benzene rings is 2. The quantitative estimate of drug-likeness (QED) is 0.759. The summed E-state index contributed by atoms with van der Waals surface area (Å²) in [4.78, 5) is 5.51. The first kappa shape index (κ1) is 22.3. The van der Waals surface area contributed by atoms with Gasteiger partial charge in [0.15, 0.2) is 0 Å². The standard InChI is InChI=1S/C26H37N3O2S/c1-19-7-12-26(29-15-13-28(2)14-16-29)25-18-22(9-11-24(19)25)27-32(30,31)23-10-8-20-5-3-4-6-21(20)17-23/h3-6,8,10,17,19,22,24-27H,7,9,11-16,18H2,1-2H3/t19?,22-,24?,25?,26?/m1/s1. The van der Waals surface area contributed by atoms with Gasteiger partial charge in [-0.3, -0.25) is 4.90 Å². The Morgan fingerprint density at radius 1 is 0.875 bits per heavy atom. The van der Waals surface area contributed by atoms with Gasteiger partial charge in [-0.15, -0.1) is 0 Å². The van der Waals surface area contributed by atoms with Crippen LogP contribution in [0.15, 0.2) is 47.4 Å². The Balaban J connectivity index is 1.32. The number of nitrogens with zero attached hydrogens (tertiary/aromatic N) is 2. The van der Waals surface area contributed by atoms with E-state index in [0.717, 1.165) is 68.0 Å². The van der Waals surface area contributed by atoms with Crippen molar-refractivity contribution in [3.05, 3.63) is 42.5 Å². The molecule has 2 aromatic rings. The van der Waals surface area contributed by atoms with E-state index < -0.39 is 10.0 Å². The zero-order valence-corrected chi connectivity index (χ0v) is 20.2. The van der Waals surface area contributed by atoms with Crippen LogP contribution in [-0.4, -0.2) is 63.5 Å². The van der Waals surface area contributed by atoms with Gasteiger partial charge in [0.2, 0.25) is 10.0 Å². The fourth-order valence-electron chi connectivity index (χ4n) is 6.58. The molecule has 2 aliphatic carbocycles. The first-order chi connectivity index (χ1) is 15.4. The minimum atomic E-state index is -3.52. The molecule has 6 heteroatoms. The first-order valence-corrected chi connectivity index (χ1v) is 13.8. The summed E-state index contributed by atoms with van der Waals surface area (Å²) in [6.07, 6.45) is 5.63. The molecule has 0 aromatic heterocycles. The number of sulfonamides is 1. The van der Waals surface area contributed by atoms with Gasteiger partial charge in [-0.2, -0.15) is 0 Å². The highest BCUT2D eigenvalue weighted by atomic mass is 32.2. The molecule has 1 saturated heterocycles. The molecule has 0 radical (unpaired) electrons. The second-order valence-electron chi connectivity index (χ2n) is 10.4. The minimum Gasteiger partial charge on any atom is -0.304 e.